The molecule has 1 aliphatic carbocycles. The van der Waals surface area contributed by atoms with Gasteiger partial charge in [0, 0.05) is 16.8 Å². The first-order chi connectivity index (χ1) is 14.5. The van der Waals surface area contributed by atoms with Crippen LogP contribution in [-0.2, 0) is 10.1 Å². The van der Waals surface area contributed by atoms with Gasteiger partial charge in [-0.2, -0.15) is 8.42 Å². The molecular formula is C23H20N2NaO5S+. The van der Waals surface area contributed by atoms with E-state index in [9.17, 15) is 22.6 Å². The zero-order valence-corrected chi connectivity index (χ0v) is 20.9. The van der Waals surface area contributed by atoms with Crippen LogP contribution in [0.15, 0.2) is 47.4 Å². The van der Waals surface area contributed by atoms with Crippen LogP contribution in [0.1, 0.15) is 48.5 Å². The molecule has 7 nitrogen and oxygen atoms in total. The Hall–Kier alpha value is -2.49. The van der Waals surface area contributed by atoms with E-state index < -0.39 is 32.3 Å². The number of fused-ring (bicyclic) bond motifs is 2. The van der Waals surface area contributed by atoms with Gasteiger partial charge < -0.3 is 11.1 Å². The second-order valence-electron chi connectivity index (χ2n) is 7.66. The molecule has 3 aromatic carbocycles. The SMILES string of the molecule is Cc1cc(C)c(Nc2cc(S(=O)(=O)O)c(N)c3c2C(=O)c2ccccc2C3=O)c(C)c1.[Na+]. The maximum absolute atomic E-state index is 13.3. The van der Waals surface area contributed by atoms with Crippen molar-refractivity contribution in [1.29, 1.82) is 0 Å². The molecule has 158 valence electrons. The molecule has 0 aliphatic heterocycles. The number of nitrogen functional groups attached to an aromatic ring is 1. The number of aryl methyl sites for hydroxylation is 3. The van der Waals surface area contributed by atoms with Crippen LogP contribution in [0.4, 0.5) is 17.1 Å². The second-order valence-corrected chi connectivity index (χ2v) is 9.05. The Morgan fingerprint density at radius 2 is 1.38 bits per heavy atom. The van der Waals surface area contributed by atoms with Crippen LogP contribution < -0.4 is 40.6 Å². The molecular weight excluding hydrogens is 439 g/mol. The van der Waals surface area contributed by atoms with Crippen LogP contribution in [0.25, 0.3) is 0 Å². The predicted molar refractivity (Wildman–Crippen MR) is 118 cm³/mol. The molecule has 0 saturated heterocycles. The summed E-state index contributed by atoms with van der Waals surface area (Å²) in [5.74, 6) is -1.03. The van der Waals surface area contributed by atoms with Crippen molar-refractivity contribution in [1.82, 2.24) is 0 Å². The normalized spacial score (nSPS) is 12.6. The van der Waals surface area contributed by atoms with Gasteiger partial charge >= 0.3 is 29.6 Å². The molecule has 4 N–H and O–H groups in total. The molecule has 9 heteroatoms. The largest absolute Gasteiger partial charge is 1.00 e. The third-order valence-electron chi connectivity index (χ3n) is 5.41. The first kappa shape index (κ1) is 24.2. The van der Waals surface area contributed by atoms with Crippen molar-refractivity contribution in [2.75, 3.05) is 11.1 Å². The number of hydrogen-bond acceptors (Lipinski definition) is 6. The van der Waals surface area contributed by atoms with Crippen molar-refractivity contribution >= 4 is 38.7 Å². The minimum absolute atomic E-state index is 0. The van der Waals surface area contributed by atoms with E-state index in [1.807, 2.05) is 32.9 Å². The topological polar surface area (TPSA) is 127 Å². The predicted octanol–water partition coefficient (Wildman–Crippen LogP) is 0.964. The first-order valence-corrected chi connectivity index (χ1v) is 10.9. The van der Waals surface area contributed by atoms with E-state index >= 15 is 0 Å². The number of carbonyl (C=O) groups is 2. The Bertz CT molecular complexity index is 1390. The quantitative estimate of drug-likeness (QED) is 0.237. The summed E-state index contributed by atoms with van der Waals surface area (Å²) in [5, 5.41) is 3.11. The van der Waals surface area contributed by atoms with Crippen molar-refractivity contribution in [3.05, 3.63) is 81.4 Å². The number of nitrogens with one attached hydrogen (secondary N) is 1. The summed E-state index contributed by atoms with van der Waals surface area (Å²) < 4.78 is 33.7. The number of hydrogen-bond donors (Lipinski definition) is 3. The summed E-state index contributed by atoms with van der Waals surface area (Å²) in [5.41, 5.74) is 9.16. The molecule has 0 unspecified atom stereocenters. The monoisotopic (exact) mass is 459 g/mol. The third-order valence-corrected chi connectivity index (χ3v) is 6.31. The average Bonchev–Trinajstić information content (AvgIpc) is 2.68. The Morgan fingerprint density at radius 3 is 1.88 bits per heavy atom. The molecule has 3 aromatic rings. The van der Waals surface area contributed by atoms with Gasteiger partial charge in [0.1, 0.15) is 4.90 Å². The minimum Gasteiger partial charge on any atom is -0.397 e. The number of carbonyl (C=O) groups excluding carboxylic acids is 2. The number of nitrogens with two attached hydrogens (primary N) is 1. The van der Waals surface area contributed by atoms with Gasteiger partial charge in [0.05, 0.1) is 22.5 Å². The zero-order valence-electron chi connectivity index (χ0n) is 18.1. The zero-order chi connectivity index (χ0) is 22.7. The van der Waals surface area contributed by atoms with Gasteiger partial charge in [0.2, 0.25) is 0 Å². The summed E-state index contributed by atoms with van der Waals surface area (Å²) in [6.07, 6.45) is 0. The minimum atomic E-state index is -4.76. The van der Waals surface area contributed by atoms with Gasteiger partial charge in [-0.25, -0.2) is 0 Å². The third kappa shape index (κ3) is 3.89. The summed E-state index contributed by atoms with van der Waals surface area (Å²) >= 11 is 0. The Labute approximate surface area is 208 Å². The molecule has 0 amide bonds. The van der Waals surface area contributed by atoms with E-state index in [4.69, 9.17) is 5.73 Å². The Kier molecular flexibility index (Phi) is 6.38. The molecule has 0 aromatic heterocycles. The number of rotatable bonds is 3. The molecule has 0 heterocycles. The summed E-state index contributed by atoms with van der Waals surface area (Å²) in [7, 11) is -4.76. The van der Waals surface area contributed by atoms with Crippen molar-refractivity contribution < 1.29 is 52.1 Å². The maximum Gasteiger partial charge on any atom is 1.00 e. The number of anilines is 3. The molecule has 4 rings (SSSR count). The van der Waals surface area contributed by atoms with Crippen molar-refractivity contribution in [3.8, 4) is 0 Å². The summed E-state index contributed by atoms with van der Waals surface area (Å²) in [4.78, 5) is 25.9. The standard InChI is InChI=1S/C23H20N2O5S.Na/c1-11-8-12(2)21(13(3)9-11)25-16-10-17(31(28,29)30)20(24)19-18(16)22(26)14-6-4-5-7-15(14)23(19)27;/h4-10,25H,24H2,1-3H3,(H,28,29,30);/q;+1. The Balaban J connectivity index is 0.00000289. The van der Waals surface area contributed by atoms with Gasteiger partial charge in [-0.1, -0.05) is 42.0 Å². The fourth-order valence-electron chi connectivity index (χ4n) is 4.12. The van der Waals surface area contributed by atoms with Crippen molar-refractivity contribution in [2.24, 2.45) is 0 Å². The van der Waals surface area contributed by atoms with E-state index in [1.165, 1.54) is 12.1 Å². The van der Waals surface area contributed by atoms with E-state index in [0.29, 0.717) is 5.69 Å². The summed E-state index contributed by atoms with van der Waals surface area (Å²) in [6.45, 7) is 5.69. The van der Waals surface area contributed by atoms with Crippen LogP contribution in [-0.4, -0.2) is 24.5 Å². The fraction of sp³-hybridized carbons (Fsp3) is 0.130. The van der Waals surface area contributed by atoms with Gasteiger partial charge in [0.25, 0.3) is 10.1 Å². The molecule has 0 atom stereocenters. The van der Waals surface area contributed by atoms with Gasteiger partial charge in [-0.3, -0.25) is 14.1 Å². The van der Waals surface area contributed by atoms with E-state index in [1.54, 1.807) is 12.1 Å². The average molecular weight is 459 g/mol. The smallest absolute Gasteiger partial charge is 0.397 e. The Morgan fingerprint density at radius 1 is 0.875 bits per heavy atom. The van der Waals surface area contributed by atoms with Gasteiger partial charge in [-0.15, -0.1) is 0 Å². The van der Waals surface area contributed by atoms with E-state index in [-0.39, 0.29) is 57.5 Å². The number of ketones is 2. The number of benzene rings is 3. The summed E-state index contributed by atoms with van der Waals surface area (Å²) in [6, 6.07) is 11.2. The molecule has 0 radical (unpaired) electrons. The molecule has 0 spiro atoms. The van der Waals surface area contributed by atoms with Gasteiger partial charge in [-0.05, 0) is 38.0 Å². The molecule has 0 fully saturated rings. The van der Waals surface area contributed by atoms with E-state index in [2.05, 4.69) is 5.32 Å². The van der Waals surface area contributed by atoms with Crippen molar-refractivity contribution in [3.63, 3.8) is 0 Å². The van der Waals surface area contributed by atoms with Crippen LogP contribution in [0.3, 0.4) is 0 Å². The molecule has 0 bridgehead atoms. The molecule has 1 aliphatic rings. The fourth-order valence-corrected chi connectivity index (χ4v) is 4.76. The van der Waals surface area contributed by atoms with Gasteiger partial charge in [0.15, 0.2) is 11.6 Å². The first-order valence-electron chi connectivity index (χ1n) is 9.48. The maximum atomic E-state index is 13.3. The molecule has 32 heavy (non-hydrogen) atoms. The van der Waals surface area contributed by atoms with Crippen LogP contribution in [0, 0.1) is 20.8 Å². The van der Waals surface area contributed by atoms with Crippen LogP contribution >= 0.6 is 0 Å². The van der Waals surface area contributed by atoms with E-state index in [0.717, 1.165) is 22.8 Å². The molecule has 0 saturated carbocycles. The second kappa shape index (κ2) is 8.46. The van der Waals surface area contributed by atoms with Crippen molar-refractivity contribution in [2.45, 2.75) is 25.7 Å². The van der Waals surface area contributed by atoms with Crippen LogP contribution in [0.5, 0.6) is 0 Å². The van der Waals surface area contributed by atoms with Crippen LogP contribution in [0.2, 0.25) is 0 Å².